The average Bonchev–Trinajstić information content (AvgIpc) is 2.92. The Morgan fingerprint density at radius 3 is 2.14 bits per heavy atom. The summed E-state index contributed by atoms with van der Waals surface area (Å²) in [6, 6.07) is 0. The highest BCUT2D eigenvalue weighted by atomic mass is 28.5. The van der Waals surface area contributed by atoms with Gasteiger partial charge in [0.1, 0.15) is 11.7 Å². The van der Waals surface area contributed by atoms with Crippen LogP contribution in [0.2, 0.25) is 22.2 Å². The first kappa shape index (κ1) is 27.9. The monoisotopic (exact) mass is 541 g/mol. The molecule has 12 heteroatoms. The number of hydroxylamine groups is 2. The number of ether oxygens (including phenoxy) is 1. The van der Waals surface area contributed by atoms with Crippen molar-refractivity contribution in [2.24, 2.45) is 0 Å². The number of hydrogen-bond donors (Lipinski definition) is 1. The van der Waals surface area contributed by atoms with Crippen molar-refractivity contribution >= 4 is 17.1 Å². The Balaban J connectivity index is 1.90. The van der Waals surface area contributed by atoms with Gasteiger partial charge in [-0.15, -0.1) is 0 Å². The standard InChI is InChI=1S/C24H43N3O7Si2/c1-14(2)35(15(3)4)30-13-24-12-26(10)32-19(20(24)33-36(34-35,16(5)6)17(7)8)22(31-24)27-11-18(9)21(28)25-23(27)29/h11,14-17,19-20,22H,12-13H2,1-10H3,(H,25,28,29)/t19?,20-,22-,24-/m1/s1. The van der Waals surface area contributed by atoms with Gasteiger partial charge in [0.05, 0.1) is 13.2 Å². The minimum Gasteiger partial charge on any atom is -0.414 e. The van der Waals surface area contributed by atoms with E-state index in [1.165, 1.54) is 10.8 Å². The van der Waals surface area contributed by atoms with E-state index >= 15 is 0 Å². The van der Waals surface area contributed by atoms with Crippen LogP contribution in [0, 0.1) is 6.92 Å². The Morgan fingerprint density at radius 2 is 1.58 bits per heavy atom. The Labute approximate surface area is 215 Å². The van der Waals surface area contributed by atoms with Crippen molar-refractivity contribution < 1.29 is 22.5 Å². The van der Waals surface area contributed by atoms with E-state index in [2.05, 4.69) is 60.4 Å². The minimum absolute atomic E-state index is 0.149. The molecule has 3 aliphatic rings. The second-order valence-corrected chi connectivity index (χ2v) is 20.7. The Bertz CT molecular complexity index is 1070. The van der Waals surface area contributed by atoms with Gasteiger partial charge in [-0.05, 0) is 29.1 Å². The van der Waals surface area contributed by atoms with Crippen LogP contribution in [0.1, 0.15) is 67.2 Å². The Morgan fingerprint density at radius 1 is 1.00 bits per heavy atom. The lowest BCUT2D eigenvalue weighted by molar-refractivity contribution is -0.257. The molecule has 1 unspecified atom stereocenters. The minimum atomic E-state index is -2.91. The molecular formula is C24H43N3O7Si2. The third-order valence-electron chi connectivity index (χ3n) is 8.06. The summed E-state index contributed by atoms with van der Waals surface area (Å²) in [7, 11) is -3.82. The number of likely N-dealkylation sites (N-methyl/N-ethyl adjacent to an activating group) is 1. The van der Waals surface area contributed by atoms with Crippen LogP contribution in [0.4, 0.5) is 0 Å². The first-order valence-electron chi connectivity index (χ1n) is 13.1. The van der Waals surface area contributed by atoms with E-state index in [0.717, 1.165) is 0 Å². The molecule has 10 nitrogen and oxygen atoms in total. The first-order valence-corrected chi connectivity index (χ1v) is 17.0. The van der Waals surface area contributed by atoms with Crippen LogP contribution in [-0.2, 0) is 22.5 Å². The van der Waals surface area contributed by atoms with Gasteiger partial charge in [0.15, 0.2) is 12.3 Å². The SMILES string of the molecule is Cc1cn([C@@H]2O[C@]34CO[Si](C(C)C)(C(C)C)O[Si](C(C)C)(C(C)C)O[C@@H]3C2ON(C)C4)c(=O)[nH]c1=O. The molecule has 3 aliphatic heterocycles. The molecule has 4 heterocycles. The number of H-pyrrole nitrogens is 1. The Kier molecular flexibility index (Phi) is 7.41. The number of nitrogens with one attached hydrogen (secondary N) is 1. The summed E-state index contributed by atoms with van der Waals surface area (Å²) in [5, 5.41) is 1.75. The third-order valence-corrected chi connectivity index (χ3v) is 18.3. The van der Waals surface area contributed by atoms with Crippen LogP contribution in [-0.4, -0.2) is 69.7 Å². The number of aromatic nitrogens is 2. The molecule has 0 spiro atoms. The van der Waals surface area contributed by atoms with E-state index in [9.17, 15) is 9.59 Å². The molecule has 0 amide bonds. The number of aromatic amines is 1. The normalized spacial score (nSPS) is 32.2. The van der Waals surface area contributed by atoms with Gasteiger partial charge < -0.3 is 17.7 Å². The summed E-state index contributed by atoms with van der Waals surface area (Å²) in [5.74, 6) is 0. The van der Waals surface area contributed by atoms with Crippen LogP contribution < -0.4 is 11.2 Å². The van der Waals surface area contributed by atoms with Crippen molar-refractivity contribution in [3.8, 4) is 0 Å². The van der Waals surface area contributed by atoms with Crippen LogP contribution >= 0.6 is 0 Å². The fraction of sp³-hybridized carbons (Fsp3) is 0.833. The molecule has 0 radical (unpaired) electrons. The topological polar surface area (TPSA) is 104 Å². The predicted molar refractivity (Wildman–Crippen MR) is 140 cm³/mol. The van der Waals surface area contributed by atoms with Crippen molar-refractivity contribution in [2.75, 3.05) is 20.2 Å². The van der Waals surface area contributed by atoms with Crippen molar-refractivity contribution in [1.82, 2.24) is 14.6 Å². The van der Waals surface area contributed by atoms with Gasteiger partial charge in [0, 0.05) is 18.8 Å². The number of hydrogen-bond acceptors (Lipinski definition) is 8. The van der Waals surface area contributed by atoms with Gasteiger partial charge in [-0.2, -0.15) is 5.06 Å². The molecule has 4 rings (SSSR count). The fourth-order valence-corrected chi connectivity index (χ4v) is 17.4. The van der Waals surface area contributed by atoms with Crippen LogP contribution in [0.5, 0.6) is 0 Å². The van der Waals surface area contributed by atoms with E-state index in [1.807, 2.05) is 7.05 Å². The molecule has 0 aliphatic carbocycles. The van der Waals surface area contributed by atoms with Crippen molar-refractivity contribution in [3.63, 3.8) is 0 Å². The fourth-order valence-electron chi connectivity index (χ4n) is 6.15. The largest absolute Gasteiger partial charge is 0.414 e. The highest BCUT2D eigenvalue weighted by Gasteiger charge is 2.68. The van der Waals surface area contributed by atoms with E-state index < -0.39 is 52.4 Å². The molecule has 36 heavy (non-hydrogen) atoms. The molecule has 204 valence electrons. The zero-order valence-electron chi connectivity index (χ0n) is 23.3. The molecule has 1 aromatic rings. The molecule has 2 bridgehead atoms. The molecule has 1 aromatic heterocycles. The second-order valence-electron chi connectivity index (χ2n) is 11.9. The number of nitrogens with zero attached hydrogens (tertiary/aromatic N) is 2. The summed E-state index contributed by atoms with van der Waals surface area (Å²) in [4.78, 5) is 33.6. The van der Waals surface area contributed by atoms with E-state index in [1.54, 1.807) is 12.0 Å². The maximum absolute atomic E-state index is 12.9. The van der Waals surface area contributed by atoms with E-state index in [0.29, 0.717) is 12.1 Å². The van der Waals surface area contributed by atoms with Crippen molar-refractivity contribution in [3.05, 3.63) is 32.6 Å². The van der Waals surface area contributed by atoms with Gasteiger partial charge in [-0.3, -0.25) is 19.2 Å². The molecular weight excluding hydrogens is 498 g/mol. The first-order chi connectivity index (χ1) is 16.7. The van der Waals surface area contributed by atoms with E-state index in [4.69, 9.17) is 22.5 Å². The van der Waals surface area contributed by atoms with E-state index in [-0.39, 0.29) is 28.8 Å². The molecule has 0 saturated carbocycles. The lowest BCUT2D eigenvalue weighted by Gasteiger charge is -2.55. The van der Waals surface area contributed by atoms with Gasteiger partial charge in [0.2, 0.25) is 0 Å². The summed E-state index contributed by atoms with van der Waals surface area (Å²) in [6.45, 7) is 19.8. The quantitative estimate of drug-likeness (QED) is 0.566. The zero-order chi connectivity index (χ0) is 26.8. The van der Waals surface area contributed by atoms with Crippen LogP contribution in [0.15, 0.2) is 15.8 Å². The van der Waals surface area contributed by atoms with Gasteiger partial charge >= 0.3 is 22.8 Å². The number of aryl methyl sites for hydroxylation is 1. The maximum Gasteiger partial charge on any atom is 0.335 e. The van der Waals surface area contributed by atoms with Crippen molar-refractivity contribution in [1.29, 1.82) is 0 Å². The molecule has 0 aromatic carbocycles. The van der Waals surface area contributed by atoms with Gasteiger partial charge in [0.25, 0.3) is 5.56 Å². The van der Waals surface area contributed by atoms with Crippen LogP contribution in [0.3, 0.4) is 0 Å². The molecule has 3 saturated heterocycles. The lowest BCUT2D eigenvalue weighted by Crippen LogP contribution is -2.71. The smallest absolute Gasteiger partial charge is 0.335 e. The zero-order valence-corrected chi connectivity index (χ0v) is 25.3. The third kappa shape index (κ3) is 4.23. The van der Waals surface area contributed by atoms with Crippen LogP contribution in [0.25, 0.3) is 0 Å². The van der Waals surface area contributed by atoms with Crippen molar-refractivity contribution in [2.45, 2.75) is 109 Å². The molecule has 4 atom stereocenters. The van der Waals surface area contributed by atoms with Gasteiger partial charge in [-0.1, -0.05) is 55.4 Å². The maximum atomic E-state index is 12.9. The predicted octanol–water partition coefficient (Wildman–Crippen LogP) is 3.31. The Hall–Kier alpha value is -1.13. The molecule has 1 N–H and O–H groups in total. The highest BCUT2D eigenvalue weighted by molar-refractivity contribution is 6.84. The van der Waals surface area contributed by atoms with Gasteiger partial charge in [-0.25, -0.2) is 4.79 Å². The molecule has 3 fully saturated rings. The highest BCUT2D eigenvalue weighted by Crippen LogP contribution is 2.52. The number of rotatable bonds is 5. The average molecular weight is 542 g/mol. The second kappa shape index (κ2) is 9.56. The summed E-state index contributed by atoms with van der Waals surface area (Å²) in [5.41, 5.74) is -0.695. The summed E-state index contributed by atoms with van der Waals surface area (Å²) < 4.78 is 29.7. The summed E-state index contributed by atoms with van der Waals surface area (Å²) in [6.07, 6.45) is -0.366. The lowest BCUT2D eigenvalue weighted by atomic mass is 9.94. The summed E-state index contributed by atoms with van der Waals surface area (Å²) >= 11 is 0.